The van der Waals surface area contributed by atoms with Crippen LogP contribution in [0.1, 0.15) is 59.3 Å². The molecule has 0 aromatic rings. The number of nitrogens with two attached hydrogens (primary N) is 1. The highest BCUT2D eigenvalue weighted by Crippen LogP contribution is 2.48. The Bertz CT molecular complexity index is 247. The molecule has 0 radical (unpaired) electrons. The van der Waals surface area contributed by atoms with E-state index >= 15 is 0 Å². The number of rotatable bonds is 4. The van der Waals surface area contributed by atoms with Crippen LogP contribution in [0, 0.1) is 11.3 Å². The maximum Gasteiger partial charge on any atom is 0.303 e. The quantitative estimate of drug-likeness (QED) is 0.776. The van der Waals surface area contributed by atoms with E-state index in [1.165, 1.54) is 6.42 Å². The molecule has 1 fully saturated rings. The van der Waals surface area contributed by atoms with Gasteiger partial charge in [0.15, 0.2) is 0 Å². The van der Waals surface area contributed by atoms with Crippen molar-refractivity contribution >= 4 is 5.97 Å². The van der Waals surface area contributed by atoms with Gasteiger partial charge in [0.25, 0.3) is 0 Å². The molecule has 0 atom stereocenters. The van der Waals surface area contributed by atoms with Gasteiger partial charge in [-0.2, -0.15) is 0 Å². The zero-order chi connectivity index (χ0) is 12.4. The molecule has 94 valence electrons. The summed E-state index contributed by atoms with van der Waals surface area (Å²) in [6.07, 6.45) is 5.60. The van der Waals surface area contributed by atoms with E-state index in [9.17, 15) is 4.79 Å². The highest BCUT2D eigenvalue weighted by Gasteiger charge is 2.45. The largest absolute Gasteiger partial charge is 0.481 e. The van der Waals surface area contributed by atoms with Gasteiger partial charge in [0.05, 0.1) is 6.42 Å². The second-order valence-corrected chi connectivity index (χ2v) is 5.92. The highest BCUT2D eigenvalue weighted by atomic mass is 16.4. The van der Waals surface area contributed by atoms with Crippen LogP contribution >= 0.6 is 0 Å². The van der Waals surface area contributed by atoms with E-state index in [-0.39, 0.29) is 11.8 Å². The van der Waals surface area contributed by atoms with Crippen LogP contribution in [0.5, 0.6) is 0 Å². The Labute approximate surface area is 98.4 Å². The lowest BCUT2D eigenvalue weighted by molar-refractivity contribution is -0.142. The van der Waals surface area contributed by atoms with E-state index in [0.717, 1.165) is 31.6 Å². The first-order valence-electron chi connectivity index (χ1n) is 6.31. The van der Waals surface area contributed by atoms with Crippen molar-refractivity contribution in [2.45, 2.75) is 64.8 Å². The summed E-state index contributed by atoms with van der Waals surface area (Å²) < 4.78 is 0. The van der Waals surface area contributed by atoms with Crippen LogP contribution in [0.4, 0.5) is 0 Å². The first-order chi connectivity index (χ1) is 7.31. The normalized spacial score (nSPS) is 31.4. The van der Waals surface area contributed by atoms with Crippen LogP contribution in [0.3, 0.4) is 0 Å². The molecule has 0 unspecified atom stereocenters. The molecule has 0 amide bonds. The fourth-order valence-electron chi connectivity index (χ4n) is 2.98. The molecule has 16 heavy (non-hydrogen) atoms. The van der Waals surface area contributed by atoms with Crippen molar-refractivity contribution in [3.05, 3.63) is 0 Å². The van der Waals surface area contributed by atoms with E-state index in [4.69, 9.17) is 10.8 Å². The van der Waals surface area contributed by atoms with Crippen LogP contribution < -0.4 is 5.73 Å². The maximum absolute atomic E-state index is 11.0. The lowest BCUT2D eigenvalue weighted by Gasteiger charge is -2.48. The summed E-state index contributed by atoms with van der Waals surface area (Å²) in [5.41, 5.74) is 5.61. The predicted molar refractivity (Wildman–Crippen MR) is 65.2 cm³/mol. The first-order valence-corrected chi connectivity index (χ1v) is 6.31. The maximum atomic E-state index is 11.0. The minimum absolute atomic E-state index is 0.204. The summed E-state index contributed by atoms with van der Waals surface area (Å²) in [5, 5.41) is 9.06. The highest BCUT2D eigenvalue weighted by molar-refractivity contribution is 5.68. The van der Waals surface area contributed by atoms with Gasteiger partial charge in [-0.15, -0.1) is 0 Å². The summed E-state index contributed by atoms with van der Waals surface area (Å²) in [5.74, 6) is 0.0535. The third kappa shape index (κ3) is 2.76. The van der Waals surface area contributed by atoms with Crippen molar-refractivity contribution in [1.82, 2.24) is 0 Å². The fraction of sp³-hybridized carbons (Fsp3) is 0.923. The number of carboxylic acids is 1. The Hall–Kier alpha value is -0.570. The van der Waals surface area contributed by atoms with E-state index in [2.05, 4.69) is 6.92 Å². The van der Waals surface area contributed by atoms with Crippen LogP contribution in [0.2, 0.25) is 0 Å². The second kappa shape index (κ2) is 4.74. The van der Waals surface area contributed by atoms with Crippen LogP contribution in [-0.4, -0.2) is 16.6 Å². The van der Waals surface area contributed by atoms with Crippen LogP contribution in [0.25, 0.3) is 0 Å². The van der Waals surface area contributed by atoms with Crippen molar-refractivity contribution in [2.75, 3.05) is 0 Å². The molecule has 3 heteroatoms. The van der Waals surface area contributed by atoms with Gasteiger partial charge in [0.2, 0.25) is 0 Å². The molecule has 1 rings (SSSR count). The van der Waals surface area contributed by atoms with Gasteiger partial charge in [-0.3, -0.25) is 4.79 Å². The summed E-state index contributed by atoms with van der Waals surface area (Å²) in [7, 11) is 0. The second-order valence-electron chi connectivity index (χ2n) is 5.92. The van der Waals surface area contributed by atoms with Gasteiger partial charge in [-0.25, -0.2) is 0 Å². The average molecular weight is 227 g/mol. The minimum atomic E-state index is -0.714. The minimum Gasteiger partial charge on any atom is -0.481 e. The van der Waals surface area contributed by atoms with Crippen molar-refractivity contribution in [1.29, 1.82) is 0 Å². The monoisotopic (exact) mass is 227 g/mol. The molecule has 0 spiro atoms. The van der Waals surface area contributed by atoms with Gasteiger partial charge in [-0.05, 0) is 50.9 Å². The van der Waals surface area contributed by atoms with Gasteiger partial charge in [0, 0.05) is 5.54 Å². The third-order valence-corrected chi connectivity index (χ3v) is 4.50. The summed E-state index contributed by atoms with van der Waals surface area (Å²) in [6, 6.07) is 0. The Morgan fingerprint density at radius 3 is 2.25 bits per heavy atom. The smallest absolute Gasteiger partial charge is 0.303 e. The van der Waals surface area contributed by atoms with E-state index < -0.39 is 11.5 Å². The lowest BCUT2D eigenvalue weighted by atomic mass is 9.59. The molecule has 0 heterocycles. The Kier molecular flexibility index (Phi) is 4.00. The molecule has 0 bridgehead atoms. The van der Waals surface area contributed by atoms with E-state index in [0.29, 0.717) is 0 Å². The van der Waals surface area contributed by atoms with Gasteiger partial charge in [0.1, 0.15) is 0 Å². The number of hydrogen-bond donors (Lipinski definition) is 2. The SMILES string of the molecule is CCC1CCC(CC(=O)O)(C(C)(C)N)CC1. The fourth-order valence-corrected chi connectivity index (χ4v) is 2.98. The van der Waals surface area contributed by atoms with E-state index in [1.807, 2.05) is 13.8 Å². The van der Waals surface area contributed by atoms with Gasteiger partial charge >= 0.3 is 5.97 Å². The molecule has 0 aliphatic heterocycles. The molecule has 0 aromatic carbocycles. The molecule has 1 aliphatic rings. The molecule has 0 saturated heterocycles. The number of aliphatic carboxylic acids is 1. The molecular weight excluding hydrogens is 202 g/mol. The standard InChI is InChI=1S/C13H25NO2/c1-4-10-5-7-13(8-6-10,9-11(15)16)12(2,3)14/h10H,4-9,14H2,1-3H3,(H,15,16). The Morgan fingerprint density at radius 2 is 1.94 bits per heavy atom. The lowest BCUT2D eigenvalue weighted by Crippen LogP contribution is -2.53. The Balaban J connectivity index is 2.79. The molecule has 1 aliphatic carbocycles. The number of hydrogen-bond acceptors (Lipinski definition) is 2. The van der Waals surface area contributed by atoms with E-state index in [1.54, 1.807) is 0 Å². The number of carbonyl (C=O) groups is 1. The summed E-state index contributed by atoms with van der Waals surface area (Å²) in [6.45, 7) is 6.16. The van der Waals surface area contributed by atoms with Gasteiger partial charge in [-0.1, -0.05) is 13.3 Å². The molecule has 3 nitrogen and oxygen atoms in total. The van der Waals surface area contributed by atoms with Crippen molar-refractivity contribution in [3.63, 3.8) is 0 Å². The van der Waals surface area contributed by atoms with Crippen molar-refractivity contribution < 1.29 is 9.90 Å². The topological polar surface area (TPSA) is 63.3 Å². The zero-order valence-corrected chi connectivity index (χ0v) is 10.8. The molecule has 3 N–H and O–H groups in total. The molecule has 1 saturated carbocycles. The van der Waals surface area contributed by atoms with Crippen molar-refractivity contribution in [3.8, 4) is 0 Å². The third-order valence-electron chi connectivity index (χ3n) is 4.50. The van der Waals surface area contributed by atoms with Crippen LogP contribution in [-0.2, 0) is 4.79 Å². The molecular formula is C13H25NO2. The number of carboxylic acid groups (broad SMARTS) is 1. The van der Waals surface area contributed by atoms with Crippen LogP contribution in [0.15, 0.2) is 0 Å². The first kappa shape index (κ1) is 13.5. The molecule has 0 aromatic heterocycles. The van der Waals surface area contributed by atoms with Crippen molar-refractivity contribution in [2.24, 2.45) is 17.1 Å². The van der Waals surface area contributed by atoms with Gasteiger partial charge < -0.3 is 10.8 Å². The average Bonchev–Trinajstić information content (AvgIpc) is 2.16. The Morgan fingerprint density at radius 1 is 1.44 bits per heavy atom. The summed E-state index contributed by atoms with van der Waals surface area (Å²) >= 11 is 0. The zero-order valence-electron chi connectivity index (χ0n) is 10.8. The predicted octanol–water partition coefficient (Wildman–Crippen LogP) is 2.79. The summed E-state index contributed by atoms with van der Waals surface area (Å²) in [4.78, 5) is 11.0.